The molecule has 0 aliphatic carbocycles. The zero-order valence-electron chi connectivity index (χ0n) is 11.4. The fourth-order valence-corrected chi connectivity index (χ4v) is 3.01. The van der Waals surface area contributed by atoms with Gasteiger partial charge in [0.15, 0.2) is 10.8 Å². The number of carbonyl (C=O) groups excluding carboxylic acids is 1. The molecule has 1 aliphatic heterocycles. The molecule has 1 fully saturated rings. The van der Waals surface area contributed by atoms with Crippen molar-refractivity contribution in [2.75, 3.05) is 19.6 Å². The normalized spacial score (nSPS) is 17.8. The van der Waals surface area contributed by atoms with Gasteiger partial charge < -0.3 is 14.6 Å². The minimum atomic E-state index is 0. The van der Waals surface area contributed by atoms with Crippen LogP contribution in [0.5, 0.6) is 0 Å². The molecule has 1 N–H and O–H groups in total. The number of aromatic nitrogens is 1. The van der Waals surface area contributed by atoms with E-state index in [1.807, 2.05) is 17.0 Å². The molecule has 2 aromatic rings. The molecule has 0 saturated carbocycles. The van der Waals surface area contributed by atoms with Gasteiger partial charge in [-0.25, -0.2) is 4.98 Å². The fraction of sp³-hybridized carbons (Fsp3) is 0.385. The summed E-state index contributed by atoms with van der Waals surface area (Å²) in [5.41, 5.74) is 0. The highest BCUT2D eigenvalue weighted by atomic mass is 35.5. The molecule has 5 nitrogen and oxygen atoms in total. The summed E-state index contributed by atoms with van der Waals surface area (Å²) in [4.78, 5) is 19.3. The summed E-state index contributed by atoms with van der Waals surface area (Å²) in [7, 11) is 0. The Morgan fingerprint density at radius 1 is 1.52 bits per heavy atom. The maximum absolute atomic E-state index is 12.4. The number of halogens is 2. The average molecular weight is 350 g/mol. The topological polar surface area (TPSA) is 58.4 Å². The van der Waals surface area contributed by atoms with E-state index in [2.05, 4.69) is 17.2 Å². The lowest BCUT2D eigenvalue weighted by atomic mass is 10.2. The fourth-order valence-electron chi connectivity index (χ4n) is 2.17. The first-order chi connectivity index (χ1) is 9.25. The van der Waals surface area contributed by atoms with Crippen LogP contribution in [0.2, 0.25) is 0 Å². The first kappa shape index (κ1) is 18.0. The molecular weight excluding hydrogens is 333 g/mol. The number of hydrogen-bond donors (Lipinski definition) is 1. The van der Waals surface area contributed by atoms with Gasteiger partial charge in [-0.3, -0.25) is 4.79 Å². The Balaban J connectivity index is 0.00000110. The second-order valence-electron chi connectivity index (χ2n) is 4.56. The van der Waals surface area contributed by atoms with Gasteiger partial charge in [-0.15, -0.1) is 36.2 Å². The van der Waals surface area contributed by atoms with E-state index in [4.69, 9.17) is 4.42 Å². The molecule has 0 bridgehead atoms. The number of nitrogens with zero attached hydrogens (tertiary/aromatic N) is 2. The summed E-state index contributed by atoms with van der Waals surface area (Å²) in [6.07, 6.45) is 3.25. The molecule has 3 heterocycles. The summed E-state index contributed by atoms with van der Waals surface area (Å²) in [6, 6.07) is 3.88. The summed E-state index contributed by atoms with van der Waals surface area (Å²) in [5.74, 6) is 0.765. The van der Waals surface area contributed by atoms with Gasteiger partial charge in [0.2, 0.25) is 0 Å². The smallest absolute Gasteiger partial charge is 0.265 e. The maximum atomic E-state index is 12.4. The van der Waals surface area contributed by atoms with Crippen molar-refractivity contribution in [3.63, 3.8) is 0 Å². The lowest BCUT2D eigenvalue weighted by molar-refractivity contribution is 0.0660. The van der Waals surface area contributed by atoms with Gasteiger partial charge >= 0.3 is 0 Å². The van der Waals surface area contributed by atoms with Crippen LogP contribution in [-0.2, 0) is 0 Å². The average Bonchev–Trinajstić information content (AvgIpc) is 3.09. The molecule has 1 amide bonds. The van der Waals surface area contributed by atoms with E-state index >= 15 is 0 Å². The van der Waals surface area contributed by atoms with E-state index in [0.29, 0.717) is 10.6 Å². The Morgan fingerprint density at radius 2 is 2.33 bits per heavy atom. The Kier molecular flexibility index (Phi) is 6.67. The number of piperazine rings is 1. The molecule has 1 atom stereocenters. The predicted octanol–water partition coefficient (Wildman–Crippen LogP) is 2.68. The van der Waals surface area contributed by atoms with Crippen molar-refractivity contribution in [1.29, 1.82) is 0 Å². The molecule has 0 aromatic carbocycles. The van der Waals surface area contributed by atoms with Gasteiger partial charge in [0.05, 0.1) is 12.5 Å². The number of furan rings is 1. The summed E-state index contributed by atoms with van der Waals surface area (Å²) >= 11 is 1.38. The quantitative estimate of drug-likeness (QED) is 0.905. The lowest BCUT2D eigenvalue weighted by Gasteiger charge is -2.33. The Morgan fingerprint density at radius 3 is 3.00 bits per heavy atom. The minimum Gasteiger partial charge on any atom is -0.462 e. The van der Waals surface area contributed by atoms with Crippen molar-refractivity contribution in [2.24, 2.45) is 0 Å². The SMILES string of the molecule is CC1CNCCN1C(=O)c1cnc(-c2ccco2)s1.Cl.Cl. The molecule has 1 aliphatic rings. The van der Waals surface area contributed by atoms with Crippen LogP contribution in [-0.4, -0.2) is 41.5 Å². The number of carbonyl (C=O) groups is 1. The third-order valence-corrected chi connectivity index (χ3v) is 4.21. The van der Waals surface area contributed by atoms with Crippen LogP contribution in [0.4, 0.5) is 0 Å². The first-order valence-corrected chi connectivity index (χ1v) is 7.09. The molecule has 1 saturated heterocycles. The predicted molar refractivity (Wildman–Crippen MR) is 87.7 cm³/mol. The molecule has 21 heavy (non-hydrogen) atoms. The second kappa shape index (κ2) is 7.79. The number of rotatable bonds is 2. The van der Waals surface area contributed by atoms with Crippen molar-refractivity contribution in [3.05, 3.63) is 29.5 Å². The second-order valence-corrected chi connectivity index (χ2v) is 5.59. The monoisotopic (exact) mass is 349 g/mol. The summed E-state index contributed by atoms with van der Waals surface area (Å²) in [5, 5.41) is 4.02. The van der Waals surface area contributed by atoms with Gasteiger partial charge in [-0.1, -0.05) is 0 Å². The van der Waals surface area contributed by atoms with Crippen LogP contribution in [0.1, 0.15) is 16.6 Å². The van der Waals surface area contributed by atoms with Crippen LogP contribution < -0.4 is 5.32 Å². The number of amides is 1. The van der Waals surface area contributed by atoms with Gasteiger partial charge in [0.1, 0.15) is 4.88 Å². The van der Waals surface area contributed by atoms with Gasteiger partial charge in [0, 0.05) is 25.7 Å². The molecule has 0 radical (unpaired) electrons. The Hall–Kier alpha value is -1.08. The highest BCUT2D eigenvalue weighted by molar-refractivity contribution is 7.16. The van der Waals surface area contributed by atoms with Crippen molar-refractivity contribution in [1.82, 2.24) is 15.2 Å². The maximum Gasteiger partial charge on any atom is 0.265 e. The van der Waals surface area contributed by atoms with Crippen LogP contribution >= 0.6 is 36.2 Å². The van der Waals surface area contributed by atoms with E-state index in [-0.39, 0.29) is 36.8 Å². The highest BCUT2D eigenvalue weighted by Gasteiger charge is 2.25. The van der Waals surface area contributed by atoms with Crippen LogP contribution in [0, 0.1) is 0 Å². The van der Waals surface area contributed by atoms with Gasteiger partial charge in [-0.2, -0.15) is 0 Å². The van der Waals surface area contributed by atoms with Crippen molar-refractivity contribution in [3.8, 4) is 10.8 Å². The van der Waals surface area contributed by atoms with Crippen LogP contribution in [0.15, 0.2) is 29.0 Å². The van der Waals surface area contributed by atoms with E-state index in [1.165, 1.54) is 11.3 Å². The third-order valence-electron chi connectivity index (χ3n) is 3.21. The first-order valence-electron chi connectivity index (χ1n) is 6.27. The number of nitrogens with one attached hydrogen (secondary N) is 1. The van der Waals surface area contributed by atoms with E-state index in [9.17, 15) is 4.79 Å². The zero-order valence-corrected chi connectivity index (χ0v) is 13.9. The molecular formula is C13H17Cl2N3O2S. The van der Waals surface area contributed by atoms with E-state index in [0.717, 1.165) is 24.6 Å². The Labute approximate surface area is 139 Å². The number of thiazole rings is 1. The molecule has 2 aromatic heterocycles. The number of hydrogen-bond acceptors (Lipinski definition) is 5. The molecule has 116 valence electrons. The van der Waals surface area contributed by atoms with Crippen molar-refractivity contribution < 1.29 is 9.21 Å². The zero-order chi connectivity index (χ0) is 13.2. The molecule has 8 heteroatoms. The van der Waals surface area contributed by atoms with Crippen LogP contribution in [0.25, 0.3) is 10.8 Å². The van der Waals surface area contributed by atoms with E-state index in [1.54, 1.807) is 12.5 Å². The largest absolute Gasteiger partial charge is 0.462 e. The molecule has 3 rings (SSSR count). The lowest BCUT2D eigenvalue weighted by Crippen LogP contribution is -2.52. The van der Waals surface area contributed by atoms with Crippen LogP contribution in [0.3, 0.4) is 0 Å². The van der Waals surface area contributed by atoms with Gasteiger partial charge in [-0.05, 0) is 19.1 Å². The Bertz CT molecular complexity index is 574. The van der Waals surface area contributed by atoms with E-state index < -0.39 is 0 Å². The minimum absolute atomic E-state index is 0. The third kappa shape index (κ3) is 3.77. The molecule has 1 unspecified atom stereocenters. The van der Waals surface area contributed by atoms with Crippen molar-refractivity contribution >= 4 is 42.1 Å². The van der Waals surface area contributed by atoms with Crippen molar-refractivity contribution in [2.45, 2.75) is 13.0 Å². The standard InChI is InChI=1S/C13H15N3O2S.2ClH/c1-9-7-14-4-5-16(9)13(17)11-8-15-12(19-11)10-3-2-6-18-10;;/h2-3,6,8-9,14H,4-5,7H2,1H3;2*1H. The summed E-state index contributed by atoms with van der Waals surface area (Å²) < 4.78 is 5.29. The highest BCUT2D eigenvalue weighted by Crippen LogP contribution is 2.26. The summed E-state index contributed by atoms with van der Waals surface area (Å²) in [6.45, 7) is 4.49. The van der Waals surface area contributed by atoms with Gasteiger partial charge in [0.25, 0.3) is 5.91 Å². The molecule has 0 spiro atoms.